The molecule has 0 fully saturated rings. The van der Waals surface area contributed by atoms with Gasteiger partial charge in [-0.25, -0.2) is 0 Å². The number of ether oxygens (including phenoxy) is 2. The van der Waals surface area contributed by atoms with Crippen LogP contribution in [-0.2, 0) is 0 Å². The molecule has 0 aliphatic heterocycles. The summed E-state index contributed by atoms with van der Waals surface area (Å²) < 4.78 is 11.0. The minimum absolute atomic E-state index is 0.405. The molecule has 0 saturated carbocycles. The number of aromatic nitrogens is 1. The predicted octanol–water partition coefficient (Wildman–Crippen LogP) is 3.16. The summed E-state index contributed by atoms with van der Waals surface area (Å²) in [5, 5.41) is 0. The van der Waals surface area contributed by atoms with Crippen LogP contribution in [0.25, 0.3) is 0 Å². The highest BCUT2D eigenvalue weighted by atomic mass is 16.5. The lowest BCUT2D eigenvalue weighted by Gasteiger charge is -2.09. The lowest BCUT2D eigenvalue weighted by Crippen LogP contribution is -2.00. The molecule has 4 heteroatoms. The molecular weight excluding hydrogens is 228 g/mol. The molecule has 2 aromatic rings. The topological polar surface area (TPSA) is 57.4 Å². The van der Waals surface area contributed by atoms with Gasteiger partial charge in [-0.05, 0) is 37.6 Å². The Labute approximate surface area is 106 Å². The van der Waals surface area contributed by atoms with Gasteiger partial charge in [0.25, 0.3) is 0 Å². The van der Waals surface area contributed by atoms with E-state index in [1.165, 1.54) is 0 Å². The van der Waals surface area contributed by atoms with Crippen molar-refractivity contribution in [2.24, 2.45) is 0 Å². The van der Waals surface area contributed by atoms with Gasteiger partial charge in [0, 0.05) is 6.07 Å². The fourth-order valence-electron chi connectivity index (χ4n) is 1.54. The van der Waals surface area contributed by atoms with E-state index in [2.05, 4.69) is 4.98 Å². The highest BCUT2D eigenvalue weighted by molar-refractivity contribution is 5.49. The molecule has 1 heterocycles. The van der Waals surface area contributed by atoms with Crippen LogP contribution in [0, 0.1) is 6.92 Å². The molecule has 0 atom stereocenters. The van der Waals surface area contributed by atoms with Crippen LogP contribution in [0.15, 0.2) is 36.4 Å². The van der Waals surface area contributed by atoms with Crippen LogP contribution in [0.3, 0.4) is 0 Å². The summed E-state index contributed by atoms with van der Waals surface area (Å²) in [4.78, 5) is 4.22. The Morgan fingerprint density at radius 3 is 2.78 bits per heavy atom. The maximum absolute atomic E-state index is 5.75. The van der Waals surface area contributed by atoms with Gasteiger partial charge in [0.1, 0.15) is 5.75 Å². The minimum atomic E-state index is 0.405. The summed E-state index contributed by atoms with van der Waals surface area (Å²) in [6.45, 7) is 4.41. The number of hydrogen-bond donors (Lipinski definition) is 1. The average molecular weight is 244 g/mol. The van der Waals surface area contributed by atoms with E-state index in [0.717, 1.165) is 11.3 Å². The third-order valence-electron chi connectivity index (χ3n) is 2.36. The van der Waals surface area contributed by atoms with Gasteiger partial charge in [0.05, 0.1) is 12.3 Å². The molecule has 1 aromatic heterocycles. The van der Waals surface area contributed by atoms with Gasteiger partial charge in [-0.3, -0.25) is 0 Å². The molecule has 0 aliphatic carbocycles. The number of anilines is 1. The lowest BCUT2D eigenvalue weighted by atomic mass is 10.2. The van der Waals surface area contributed by atoms with Crippen molar-refractivity contribution in [1.82, 2.24) is 4.98 Å². The molecule has 0 saturated heterocycles. The maximum atomic E-state index is 5.75. The third-order valence-corrected chi connectivity index (χ3v) is 2.36. The van der Waals surface area contributed by atoms with E-state index in [9.17, 15) is 0 Å². The summed E-state index contributed by atoms with van der Waals surface area (Å²) in [5.74, 6) is 1.62. The number of rotatable bonds is 4. The summed E-state index contributed by atoms with van der Waals surface area (Å²) in [6, 6.07) is 11.2. The normalized spacial score (nSPS) is 10.1. The van der Waals surface area contributed by atoms with Crippen LogP contribution < -0.4 is 15.2 Å². The maximum Gasteiger partial charge on any atom is 0.240 e. The number of benzene rings is 1. The molecule has 0 radical (unpaired) electrons. The zero-order valence-corrected chi connectivity index (χ0v) is 10.5. The number of aryl methyl sites for hydroxylation is 1. The number of nitrogens with two attached hydrogens (primary N) is 1. The first-order valence-corrected chi connectivity index (χ1v) is 5.83. The fraction of sp³-hybridized carbons (Fsp3) is 0.214. The Bertz CT molecular complexity index is 541. The van der Waals surface area contributed by atoms with Crippen LogP contribution in [0.4, 0.5) is 5.69 Å². The van der Waals surface area contributed by atoms with E-state index in [4.69, 9.17) is 15.2 Å². The molecule has 4 nitrogen and oxygen atoms in total. The zero-order chi connectivity index (χ0) is 13.0. The second-order valence-corrected chi connectivity index (χ2v) is 3.90. The van der Waals surface area contributed by atoms with Crippen LogP contribution in [0.2, 0.25) is 0 Å². The summed E-state index contributed by atoms with van der Waals surface area (Å²) in [7, 11) is 0. The third kappa shape index (κ3) is 2.91. The largest absolute Gasteiger partial charge is 0.476 e. The highest BCUT2D eigenvalue weighted by Gasteiger charge is 2.05. The SMILES string of the molecule is CCOc1nc(Oc2cccc(C)c2)ccc1N. The minimum Gasteiger partial charge on any atom is -0.476 e. The average Bonchev–Trinajstić information content (AvgIpc) is 2.34. The van der Waals surface area contributed by atoms with Crippen molar-refractivity contribution in [2.45, 2.75) is 13.8 Å². The van der Waals surface area contributed by atoms with Crippen molar-refractivity contribution in [3.63, 3.8) is 0 Å². The Morgan fingerprint density at radius 2 is 2.06 bits per heavy atom. The van der Waals surface area contributed by atoms with Crippen molar-refractivity contribution >= 4 is 5.69 Å². The molecular formula is C14H16N2O2. The summed E-state index contributed by atoms with van der Waals surface area (Å²) in [5.41, 5.74) is 7.39. The molecule has 0 amide bonds. The van der Waals surface area contributed by atoms with Crippen molar-refractivity contribution in [3.8, 4) is 17.5 Å². The van der Waals surface area contributed by atoms with Gasteiger partial charge in [0.15, 0.2) is 0 Å². The molecule has 18 heavy (non-hydrogen) atoms. The molecule has 0 spiro atoms. The molecule has 2 N–H and O–H groups in total. The first-order valence-electron chi connectivity index (χ1n) is 5.83. The molecule has 0 aliphatic rings. The quantitative estimate of drug-likeness (QED) is 0.897. The second kappa shape index (κ2) is 5.40. The number of nitrogen functional groups attached to an aromatic ring is 1. The zero-order valence-electron chi connectivity index (χ0n) is 10.5. The number of nitrogens with zero attached hydrogens (tertiary/aromatic N) is 1. The summed E-state index contributed by atoms with van der Waals surface area (Å²) >= 11 is 0. The Morgan fingerprint density at radius 1 is 1.22 bits per heavy atom. The van der Waals surface area contributed by atoms with Crippen molar-refractivity contribution in [3.05, 3.63) is 42.0 Å². The molecule has 0 unspecified atom stereocenters. The van der Waals surface area contributed by atoms with E-state index < -0.39 is 0 Å². The lowest BCUT2D eigenvalue weighted by molar-refractivity contribution is 0.323. The number of hydrogen-bond acceptors (Lipinski definition) is 4. The van der Waals surface area contributed by atoms with Crippen molar-refractivity contribution in [1.29, 1.82) is 0 Å². The van der Waals surface area contributed by atoms with Crippen LogP contribution in [0.1, 0.15) is 12.5 Å². The van der Waals surface area contributed by atoms with Crippen molar-refractivity contribution in [2.75, 3.05) is 12.3 Å². The monoisotopic (exact) mass is 244 g/mol. The Hall–Kier alpha value is -2.23. The first kappa shape index (κ1) is 12.2. The first-order chi connectivity index (χ1) is 8.69. The van der Waals surface area contributed by atoms with Crippen LogP contribution in [0.5, 0.6) is 17.5 Å². The van der Waals surface area contributed by atoms with Gasteiger partial charge in [-0.2, -0.15) is 4.98 Å². The van der Waals surface area contributed by atoms with Crippen molar-refractivity contribution < 1.29 is 9.47 Å². The van der Waals surface area contributed by atoms with Gasteiger partial charge >= 0.3 is 0 Å². The smallest absolute Gasteiger partial charge is 0.240 e. The van der Waals surface area contributed by atoms with Gasteiger partial charge in [-0.1, -0.05) is 12.1 Å². The Balaban J connectivity index is 2.21. The van der Waals surface area contributed by atoms with E-state index in [-0.39, 0.29) is 0 Å². The second-order valence-electron chi connectivity index (χ2n) is 3.90. The standard InChI is InChI=1S/C14H16N2O2/c1-3-17-14-12(15)7-8-13(16-14)18-11-6-4-5-10(2)9-11/h4-9H,3,15H2,1-2H3. The summed E-state index contributed by atoms with van der Waals surface area (Å²) in [6.07, 6.45) is 0. The molecule has 0 bridgehead atoms. The molecule has 2 rings (SSSR count). The van der Waals surface area contributed by atoms with Gasteiger partial charge in [0.2, 0.25) is 11.8 Å². The van der Waals surface area contributed by atoms with Crippen LogP contribution in [-0.4, -0.2) is 11.6 Å². The van der Waals surface area contributed by atoms with Gasteiger partial charge < -0.3 is 15.2 Å². The van der Waals surface area contributed by atoms with Gasteiger partial charge in [-0.15, -0.1) is 0 Å². The number of pyridine rings is 1. The highest BCUT2D eigenvalue weighted by Crippen LogP contribution is 2.26. The van der Waals surface area contributed by atoms with E-state index >= 15 is 0 Å². The predicted molar refractivity (Wildman–Crippen MR) is 71.1 cm³/mol. The van der Waals surface area contributed by atoms with E-state index in [0.29, 0.717) is 24.1 Å². The Kier molecular flexibility index (Phi) is 3.67. The van der Waals surface area contributed by atoms with E-state index in [1.54, 1.807) is 12.1 Å². The molecule has 1 aromatic carbocycles. The fourth-order valence-corrected chi connectivity index (χ4v) is 1.54. The van der Waals surface area contributed by atoms with Crippen LogP contribution >= 0.6 is 0 Å². The van der Waals surface area contributed by atoms with E-state index in [1.807, 2.05) is 38.1 Å². The molecule has 94 valence electrons.